The Bertz CT molecular complexity index is 803. The Hall–Kier alpha value is -2.99. The number of nitrogens with two attached hydrogens (primary N) is 2. The second-order valence-electron chi connectivity index (χ2n) is 7.03. The number of amidine groups is 1. The first-order valence-electron chi connectivity index (χ1n) is 9.40. The van der Waals surface area contributed by atoms with Crippen LogP contribution >= 0.6 is 0 Å². The van der Waals surface area contributed by atoms with Crippen LogP contribution in [-0.4, -0.2) is 23.6 Å². The van der Waals surface area contributed by atoms with E-state index in [-0.39, 0.29) is 23.9 Å². The number of aryl methyl sites for hydroxylation is 1. The molecule has 6 heteroatoms. The average molecular weight is 380 g/mol. The lowest BCUT2D eigenvalue weighted by Crippen LogP contribution is -2.36. The first-order chi connectivity index (χ1) is 13.4. The highest BCUT2D eigenvalue weighted by Crippen LogP contribution is 2.10. The molecule has 0 bridgehead atoms. The molecule has 0 spiro atoms. The van der Waals surface area contributed by atoms with Crippen LogP contribution in [0.1, 0.15) is 36.5 Å². The van der Waals surface area contributed by atoms with Gasteiger partial charge < -0.3 is 16.8 Å². The van der Waals surface area contributed by atoms with Crippen LogP contribution in [0.5, 0.6) is 0 Å². The fraction of sp³-hybridized carbons (Fsp3) is 0.318. The van der Waals surface area contributed by atoms with E-state index in [4.69, 9.17) is 16.9 Å². The number of carbonyl (C=O) groups is 2. The molecule has 1 amide bonds. The van der Waals surface area contributed by atoms with Gasteiger partial charge >= 0.3 is 0 Å². The zero-order valence-corrected chi connectivity index (χ0v) is 16.2. The topological polar surface area (TPSA) is 122 Å². The smallest absolute Gasteiger partial charge is 0.223 e. The third kappa shape index (κ3) is 6.63. The van der Waals surface area contributed by atoms with E-state index in [1.54, 1.807) is 19.1 Å². The summed E-state index contributed by atoms with van der Waals surface area (Å²) >= 11 is 0. The molecule has 0 unspecified atom stereocenters. The molecule has 2 rings (SSSR count). The zero-order valence-electron chi connectivity index (χ0n) is 16.2. The van der Waals surface area contributed by atoms with Gasteiger partial charge in [0.25, 0.3) is 0 Å². The number of benzene rings is 2. The second kappa shape index (κ2) is 10.4. The summed E-state index contributed by atoms with van der Waals surface area (Å²) in [7, 11) is 0. The van der Waals surface area contributed by atoms with E-state index < -0.39 is 12.0 Å². The Labute approximate surface area is 165 Å². The highest BCUT2D eigenvalue weighted by Gasteiger charge is 2.21. The van der Waals surface area contributed by atoms with E-state index in [0.717, 1.165) is 17.5 Å². The van der Waals surface area contributed by atoms with Crippen molar-refractivity contribution in [2.45, 2.75) is 38.8 Å². The molecule has 0 radical (unpaired) electrons. The Morgan fingerprint density at radius 2 is 1.68 bits per heavy atom. The first kappa shape index (κ1) is 21.3. The van der Waals surface area contributed by atoms with E-state index in [1.165, 1.54) is 0 Å². The summed E-state index contributed by atoms with van der Waals surface area (Å²) in [6.45, 7) is 2.09. The molecule has 0 aliphatic carbocycles. The Balaban J connectivity index is 1.75. The summed E-state index contributed by atoms with van der Waals surface area (Å²) in [6.07, 6.45) is 1.44. The Morgan fingerprint density at radius 1 is 1.04 bits per heavy atom. The van der Waals surface area contributed by atoms with Crippen molar-refractivity contribution in [3.05, 3.63) is 71.3 Å². The van der Waals surface area contributed by atoms with Crippen LogP contribution in [-0.2, 0) is 22.6 Å². The maximum Gasteiger partial charge on any atom is 0.223 e. The maximum atomic E-state index is 12.3. The van der Waals surface area contributed by atoms with Gasteiger partial charge in [0.2, 0.25) is 5.91 Å². The number of rotatable bonds is 10. The largest absolute Gasteiger partial charge is 0.384 e. The van der Waals surface area contributed by atoms with Crippen molar-refractivity contribution < 1.29 is 9.59 Å². The minimum Gasteiger partial charge on any atom is -0.384 e. The van der Waals surface area contributed by atoms with Gasteiger partial charge in [0.1, 0.15) is 11.6 Å². The Morgan fingerprint density at radius 3 is 2.29 bits per heavy atom. The predicted molar refractivity (Wildman–Crippen MR) is 111 cm³/mol. The molecule has 6 N–H and O–H groups in total. The zero-order chi connectivity index (χ0) is 20.5. The summed E-state index contributed by atoms with van der Waals surface area (Å²) in [5, 5.41) is 10.2. The average Bonchev–Trinajstić information content (AvgIpc) is 2.71. The van der Waals surface area contributed by atoms with E-state index in [2.05, 4.69) is 5.32 Å². The van der Waals surface area contributed by atoms with Crippen LogP contribution in [0.2, 0.25) is 0 Å². The van der Waals surface area contributed by atoms with Gasteiger partial charge in [-0.1, -0.05) is 61.5 Å². The quantitative estimate of drug-likeness (QED) is 0.372. The number of nitrogen functional groups attached to an aromatic ring is 1. The molecule has 0 saturated heterocycles. The lowest BCUT2D eigenvalue weighted by molar-refractivity contribution is -0.129. The summed E-state index contributed by atoms with van der Waals surface area (Å²) in [5.74, 6) is -0.707. The number of ketones is 1. The van der Waals surface area contributed by atoms with Crippen LogP contribution < -0.4 is 16.8 Å². The summed E-state index contributed by atoms with van der Waals surface area (Å²) in [4.78, 5) is 24.6. The molecule has 0 saturated carbocycles. The minimum atomic E-state index is -0.561. The van der Waals surface area contributed by atoms with Gasteiger partial charge in [-0.15, -0.1) is 0 Å². The van der Waals surface area contributed by atoms with Crippen molar-refractivity contribution in [2.75, 3.05) is 0 Å². The lowest BCUT2D eigenvalue weighted by Gasteiger charge is -2.15. The van der Waals surface area contributed by atoms with Crippen molar-refractivity contribution in [1.82, 2.24) is 5.32 Å². The van der Waals surface area contributed by atoms with Gasteiger partial charge in [0, 0.05) is 24.4 Å². The molecule has 148 valence electrons. The third-order valence-corrected chi connectivity index (χ3v) is 4.69. The van der Waals surface area contributed by atoms with Gasteiger partial charge in [-0.25, -0.2) is 0 Å². The standard InChI is InChI=1S/C22H28N4O2/c1-15(13-20(27)19(23)12-9-16-5-3-2-4-6-16)22(28)26-14-17-7-10-18(11-8-17)21(24)25/h2-8,10-11,15,19H,9,12-14,23H2,1H3,(H3,24,25)(H,26,28)/t15-,19-/m1/s1. The minimum absolute atomic E-state index is 0.00585. The molecule has 6 nitrogen and oxygen atoms in total. The number of hydrogen-bond donors (Lipinski definition) is 4. The van der Waals surface area contributed by atoms with Crippen molar-refractivity contribution >= 4 is 17.5 Å². The van der Waals surface area contributed by atoms with Crippen LogP contribution in [0, 0.1) is 11.3 Å². The molecule has 0 aliphatic rings. The molecule has 0 aliphatic heterocycles. The normalized spacial score (nSPS) is 12.8. The van der Waals surface area contributed by atoms with Crippen molar-refractivity contribution in [3.63, 3.8) is 0 Å². The molecular weight excluding hydrogens is 352 g/mol. The third-order valence-electron chi connectivity index (χ3n) is 4.69. The van der Waals surface area contributed by atoms with Crippen molar-refractivity contribution in [3.8, 4) is 0 Å². The van der Waals surface area contributed by atoms with Crippen molar-refractivity contribution in [2.24, 2.45) is 17.4 Å². The van der Waals surface area contributed by atoms with Gasteiger partial charge in [0.15, 0.2) is 0 Å². The monoisotopic (exact) mass is 380 g/mol. The van der Waals surface area contributed by atoms with E-state index >= 15 is 0 Å². The van der Waals surface area contributed by atoms with Gasteiger partial charge in [-0.2, -0.15) is 0 Å². The molecule has 0 heterocycles. The first-order valence-corrected chi connectivity index (χ1v) is 9.40. The number of hydrogen-bond acceptors (Lipinski definition) is 4. The maximum absolute atomic E-state index is 12.3. The molecule has 28 heavy (non-hydrogen) atoms. The summed E-state index contributed by atoms with van der Waals surface area (Å²) < 4.78 is 0. The molecular formula is C22H28N4O2. The molecule has 2 aromatic carbocycles. The van der Waals surface area contributed by atoms with Crippen LogP contribution in [0.25, 0.3) is 0 Å². The molecule has 0 aromatic heterocycles. The van der Waals surface area contributed by atoms with Gasteiger partial charge in [-0.3, -0.25) is 15.0 Å². The Kier molecular flexibility index (Phi) is 7.89. The van der Waals surface area contributed by atoms with E-state index in [0.29, 0.717) is 18.5 Å². The van der Waals surface area contributed by atoms with Crippen LogP contribution in [0.15, 0.2) is 54.6 Å². The fourth-order valence-electron chi connectivity index (χ4n) is 2.84. The van der Waals surface area contributed by atoms with E-state index in [9.17, 15) is 9.59 Å². The number of amides is 1. The van der Waals surface area contributed by atoms with Crippen LogP contribution in [0.4, 0.5) is 0 Å². The summed E-state index contributed by atoms with van der Waals surface area (Å²) in [5.41, 5.74) is 14.1. The number of carbonyl (C=O) groups excluding carboxylic acids is 2. The molecule has 0 fully saturated rings. The van der Waals surface area contributed by atoms with Gasteiger partial charge in [0.05, 0.1) is 6.04 Å². The SMILES string of the molecule is C[C@H](CC(=O)[C@H](N)CCc1ccccc1)C(=O)NCc1ccc(C(=N)N)cc1. The number of Topliss-reactive ketones (excluding diaryl/α,β-unsaturated/α-hetero) is 1. The van der Waals surface area contributed by atoms with Gasteiger partial charge in [-0.05, 0) is 24.0 Å². The predicted octanol–water partition coefficient (Wildman–Crippen LogP) is 2.14. The highest BCUT2D eigenvalue weighted by molar-refractivity contribution is 5.94. The highest BCUT2D eigenvalue weighted by atomic mass is 16.2. The van der Waals surface area contributed by atoms with Crippen molar-refractivity contribution in [1.29, 1.82) is 5.41 Å². The molecule has 2 atom stereocenters. The lowest BCUT2D eigenvalue weighted by atomic mass is 9.96. The number of nitrogens with one attached hydrogen (secondary N) is 2. The second-order valence-corrected chi connectivity index (χ2v) is 7.03. The fourth-order valence-corrected chi connectivity index (χ4v) is 2.84. The van der Waals surface area contributed by atoms with E-state index in [1.807, 2.05) is 42.5 Å². The summed E-state index contributed by atoms with van der Waals surface area (Å²) in [6, 6.07) is 16.4. The molecule has 2 aromatic rings. The van der Waals surface area contributed by atoms with Crippen LogP contribution in [0.3, 0.4) is 0 Å².